The molecule has 1 atom stereocenters. The van der Waals surface area contributed by atoms with Crippen molar-refractivity contribution in [1.82, 2.24) is 15.5 Å². The van der Waals surface area contributed by atoms with Gasteiger partial charge in [-0.25, -0.2) is 0 Å². The van der Waals surface area contributed by atoms with Crippen molar-refractivity contribution < 1.29 is 9.59 Å². The number of rotatable bonds is 8. The fraction of sp³-hybridized carbons (Fsp3) is 0.364. The first-order valence-electron chi connectivity index (χ1n) is 9.69. The molecule has 2 aromatic carbocycles. The molecule has 0 aliphatic carbocycles. The summed E-state index contributed by atoms with van der Waals surface area (Å²) < 4.78 is 0. The first-order valence-corrected chi connectivity index (χ1v) is 10.1. The van der Waals surface area contributed by atoms with Gasteiger partial charge in [0.15, 0.2) is 0 Å². The average Bonchev–Trinajstić information content (AvgIpc) is 2.71. The highest BCUT2D eigenvalue weighted by atomic mass is 35.5. The van der Waals surface area contributed by atoms with Crippen LogP contribution in [0.5, 0.6) is 0 Å². The molecule has 2 amide bonds. The predicted octanol–water partition coefficient (Wildman–Crippen LogP) is 2.43. The zero-order valence-electron chi connectivity index (χ0n) is 15.9. The van der Waals surface area contributed by atoms with E-state index in [9.17, 15) is 9.59 Å². The van der Waals surface area contributed by atoms with Crippen LogP contribution in [-0.2, 0) is 22.4 Å². The van der Waals surface area contributed by atoms with E-state index in [1.54, 1.807) is 0 Å². The van der Waals surface area contributed by atoms with Gasteiger partial charge in [0.25, 0.3) is 0 Å². The number of hydrogen-bond donors (Lipinski definition) is 2. The Kier molecular flexibility index (Phi) is 7.46. The minimum atomic E-state index is -0.419. The van der Waals surface area contributed by atoms with Gasteiger partial charge in [-0.15, -0.1) is 0 Å². The molecule has 1 aliphatic heterocycles. The fourth-order valence-electron chi connectivity index (χ4n) is 3.45. The van der Waals surface area contributed by atoms with E-state index in [0.717, 1.165) is 25.1 Å². The Morgan fingerprint density at radius 3 is 2.64 bits per heavy atom. The van der Waals surface area contributed by atoms with Crippen LogP contribution in [0.25, 0.3) is 0 Å². The van der Waals surface area contributed by atoms with Gasteiger partial charge >= 0.3 is 0 Å². The molecule has 0 aromatic heterocycles. The van der Waals surface area contributed by atoms with Crippen molar-refractivity contribution in [3.05, 3.63) is 70.7 Å². The molecule has 1 saturated heterocycles. The fourth-order valence-corrected chi connectivity index (χ4v) is 3.68. The smallest absolute Gasteiger partial charge is 0.237 e. The third-order valence-corrected chi connectivity index (χ3v) is 5.39. The number of amides is 2. The zero-order valence-corrected chi connectivity index (χ0v) is 16.6. The molecule has 6 heteroatoms. The van der Waals surface area contributed by atoms with E-state index in [1.165, 1.54) is 5.56 Å². The van der Waals surface area contributed by atoms with Gasteiger partial charge in [0.05, 0.1) is 12.5 Å². The Hall–Kier alpha value is -2.37. The van der Waals surface area contributed by atoms with Gasteiger partial charge < -0.3 is 10.6 Å². The Labute approximate surface area is 171 Å². The number of carbonyl (C=O) groups excluding carboxylic acids is 2. The van der Waals surface area contributed by atoms with Crippen LogP contribution in [0.4, 0.5) is 0 Å². The molecule has 0 spiro atoms. The maximum Gasteiger partial charge on any atom is 0.237 e. The van der Waals surface area contributed by atoms with Gasteiger partial charge in [-0.1, -0.05) is 60.1 Å². The summed E-state index contributed by atoms with van der Waals surface area (Å²) in [5.74, 6) is -0.181. The minimum Gasteiger partial charge on any atom is -0.356 e. The van der Waals surface area contributed by atoms with E-state index in [4.69, 9.17) is 11.6 Å². The molecule has 148 valence electrons. The molecule has 0 radical (unpaired) electrons. The molecule has 1 aliphatic rings. The summed E-state index contributed by atoms with van der Waals surface area (Å²) in [6.07, 6.45) is 1.70. The summed E-state index contributed by atoms with van der Waals surface area (Å²) in [6.45, 7) is 2.64. The lowest BCUT2D eigenvalue weighted by Crippen LogP contribution is -2.56. The van der Waals surface area contributed by atoms with Crippen LogP contribution in [0.15, 0.2) is 54.6 Å². The minimum absolute atomic E-state index is 0.0689. The average molecular weight is 400 g/mol. The number of hydrogen-bond acceptors (Lipinski definition) is 3. The summed E-state index contributed by atoms with van der Waals surface area (Å²) >= 11 is 6.15. The van der Waals surface area contributed by atoms with Crippen molar-refractivity contribution in [1.29, 1.82) is 0 Å². The number of carbonyl (C=O) groups is 2. The van der Waals surface area contributed by atoms with Gasteiger partial charge in [0.2, 0.25) is 11.8 Å². The first kappa shape index (κ1) is 20.4. The van der Waals surface area contributed by atoms with E-state index >= 15 is 0 Å². The predicted molar refractivity (Wildman–Crippen MR) is 111 cm³/mol. The molecule has 28 heavy (non-hydrogen) atoms. The second-order valence-corrected chi connectivity index (χ2v) is 7.38. The van der Waals surface area contributed by atoms with E-state index in [0.29, 0.717) is 24.5 Å². The lowest BCUT2D eigenvalue weighted by atomic mass is 10.1. The third kappa shape index (κ3) is 5.81. The van der Waals surface area contributed by atoms with Crippen molar-refractivity contribution in [3.63, 3.8) is 0 Å². The summed E-state index contributed by atoms with van der Waals surface area (Å²) in [6, 6.07) is 17.4. The number of benzene rings is 2. The maximum absolute atomic E-state index is 12.4. The SMILES string of the molecule is O=C(C[C@H]1C(=O)NCCN1CCc1ccccc1)NCCc1ccccc1Cl. The van der Waals surface area contributed by atoms with Crippen LogP contribution in [-0.4, -0.2) is 48.9 Å². The molecule has 0 bridgehead atoms. The lowest BCUT2D eigenvalue weighted by Gasteiger charge is -2.34. The highest BCUT2D eigenvalue weighted by Crippen LogP contribution is 2.15. The molecule has 0 saturated carbocycles. The molecule has 2 N–H and O–H groups in total. The summed E-state index contributed by atoms with van der Waals surface area (Å²) in [5, 5.41) is 6.50. The highest BCUT2D eigenvalue weighted by Gasteiger charge is 2.31. The Morgan fingerprint density at radius 2 is 1.86 bits per heavy atom. The van der Waals surface area contributed by atoms with E-state index in [1.807, 2.05) is 42.5 Å². The van der Waals surface area contributed by atoms with E-state index in [-0.39, 0.29) is 18.2 Å². The monoisotopic (exact) mass is 399 g/mol. The molecule has 3 rings (SSSR count). The van der Waals surface area contributed by atoms with Crippen LogP contribution in [0.1, 0.15) is 17.5 Å². The second kappa shape index (κ2) is 10.2. The highest BCUT2D eigenvalue weighted by molar-refractivity contribution is 6.31. The van der Waals surface area contributed by atoms with Crippen LogP contribution in [0.3, 0.4) is 0 Å². The standard InChI is InChI=1S/C22H26ClN3O2/c23-19-9-5-4-8-18(19)10-12-24-21(27)16-20-22(28)25-13-15-26(20)14-11-17-6-2-1-3-7-17/h1-9,20H,10-16H2,(H,24,27)(H,25,28)/t20-/m0/s1. The largest absolute Gasteiger partial charge is 0.356 e. The van der Waals surface area contributed by atoms with Gasteiger partial charge in [-0.05, 0) is 30.0 Å². The maximum atomic E-state index is 12.4. The lowest BCUT2D eigenvalue weighted by molar-refractivity contribution is -0.133. The molecular formula is C22H26ClN3O2. The van der Waals surface area contributed by atoms with Gasteiger partial charge in [-0.2, -0.15) is 0 Å². The number of halogens is 1. The van der Waals surface area contributed by atoms with Crippen molar-refractivity contribution in [2.75, 3.05) is 26.2 Å². The van der Waals surface area contributed by atoms with Crippen molar-refractivity contribution >= 4 is 23.4 Å². The Bertz CT molecular complexity index is 797. The Balaban J connectivity index is 1.49. The van der Waals surface area contributed by atoms with E-state index in [2.05, 4.69) is 27.7 Å². The van der Waals surface area contributed by atoms with Crippen LogP contribution in [0, 0.1) is 0 Å². The van der Waals surface area contributed by atoms with Gasteiger partial charge in [0, 0.05) is 31.2 Å². The van der Waals surface area contributed by atoms with Crippen molar-refractivity contribution in [2.45, 2.75) is 25.3 Å². The first-order chi connectivity index (χ1) is 13.6. The Morgan fingerprint density at radius 1 is 1.11 bits per heavy atom. The third-order valence-electron chi connectivity index (χ3n) is 5.03. The van der Waals surface area contributed by atoms with Gasteiger partial charge in [-0.3, -0.25) is 14.5 Å². The molecule has 0 unspecified atom stereocenters. The molecule has 1 heterocycles. The normalized spacial score (nSPS) is 17.2. The van der Waals surface area contributed by atoms with E-state index < -0.39 is 6.04 Å². The molecule has 1 fully saturated rings. The summed E-state index contributed by atoms with van der Waals surface area (Å²) in [7, 11) is 0. The van der Waals surface area contributed by atoms with Crippen LogP contribution >= 0.6 is 11.6 Å². The van der Waals surface area contributed by atoms with Crippen LogP contribution in [0.2, 0.25) is 5.02 Å². The molecular weight excluding hydrogens is 374 g/mol. The summed E-state index contributed by atoms with van der Waals surface area (Å²) in [4.78, 5) is 26.9. The van der Waals surface area contributed by atoms with Crippen molar-refractivity contribution in [2.24, 2.45) is 0 Å². The summed E-state index contributed by atoms with van der Waals surface area (Å²) in [5.41, 5.74) is 2.24. The second-order valence-electron chi connectivity index (χ2n) is 6.97. The zero-order chi connectivity index (χ0) is 19.8. The molecule has 5 nitrogen and oxygen atoms in total. The van der Waals surface area contributed by atoms with Gasteiger partial charge in [0.1, 0.15) is 0 Å². The number of piperazine rings is 1. The molecule has 2 aromatic rings. The number of nitrogens with one attached hydrogen (secondary N) is 2. The van der Waals surface area contributed by atoms with Crippen LogP contribution < -0.4 is 10.6 Å². The topological polar surface area (TPSA) is 61.4 Å². The quantitative estimate of drug-likeness (QED) is 0.716. The number of nitrogens with zero attached hydrogens (tertiary/aromatic N) is 1. The van der Waals surface area contributed by atoms with Crippen molar-refractivity contribution in [3.8, 4) is 0 Å².